The fraction of sp³-hybridized carbons (Fsp3) is 0.722. The highest BCUT2D eigenvalue weighted by Gasteiger charge is 2.21. The number of β-amino-alcohol motifs (C(OH)–C–C–N with tert-alkyl or cyclic N) is 1. The van der Waals surface area contributed by atoms with Crippen molar-refractivity contribution >= 4 is 11.3 Å². The summed E-state index contributed by atoms with van der Waals surface area (Å²) < 4.78 is 0. The van der Waals surface area contributed by atoms with E-state index in [9.17, 15) is 5.11 Å². The molecule has 1 aliphatic heterocycles. The van der Waals surface area contributed by atoms with Crippen molar-refractivity contribution in [2.45, 2.75) is 51.7 Å². The Hall–Kier alpha value is -0.750. The minimum atomic E-state index is -0.229. The number of thiazole rings is 1. The number of allylic oxidation sites excluding steroid dienone is 1. The molecular formula is C18H31N3OS. The lowest BCUT2D eigenvalue weighted by Gasteiger charge is -2.35. The Kier molecular flexibility index (Phi) is 6.77. The summed E-state index contributed by atoms with van der Waals surface area (Å²) in [4.78, 5) is 9.62. The minimum absolute atomic E-state index is 0.142. The summed E-state index contributed by atoms with van der Waals surface area (Å²) in [5, 5.41) is 13.4. The highest BCUT2D eigenvalue weighted by Crippen LogP contribution is 2.26. The first-order chi connectivity index (χ1) is 10.9. The zero-order valence-electron chi connectivity index (χ0n) is 14.8. The molecule has 1 aromatic heterocycles. The molecule has 5 heteroatoms. The summed E-state index contributed by atoms with van der Waals surface area (Å²) in [7, 11) is 0. The molecule has 4 nitrogen and oxygen atoms in total. The Balaban J connectivity index is 1.74. The molecule has 0 saturated carbocycles. The second-order valence-electron chi connectivity index (χ2n) is 7.49. The first kappa shape index (κ1) is 18.6. The summed E-state index contributed by atoms with van der Waals surface area (Å²) in [6.07, 6.45) is 3.35. The molecule has 2 rings (SSSR count). The van der Waals surface area contributed by atoms with Gasteiger partial charge in [-0.2, -0.15) is 0 Å². The molecule has 2 heterocycles. The van der Waals surface area contributed by atoms with Crippen LogP contribution in [-0.2, 0) is 12.0 Å². The van der Waals surface area contributed by atoms with E-state index in [1.165, 1.54) is 10.7 Å². The number of nitrogens with zero attached hydrogens (tertiary/aromatic N) is 3. The van der Waals surface area contributed by atoms with Crippen LogP contribution in [0.25, 0.3) is 0 Å². The SMILES string of the molecule is C=CCCC(O)CN1CCN(Cc2csc(C(C)(C)C)n2)CC1. The van der Waals surface area contributed by atoms with Gasteiger partial charge in [-0.05, 0) is 12.8 Å². The van der Waals surface area contributed by atoms with Gasteiger partial charge < -0.3 is 5.11 Å². The third-order valence-corrected chi connectivity index (χ3v) is 5.53. The van der Waals surface area contributed by atoms with Crippen LogP contribution in [0.5, 0.6) is 0 Å². The Morgan fingerprint density at radius 3 is 2.52 bits per heavy atom. The first-order valence-corrected chi connectivity index (χ1v) is 9.45. The number of hydrogen-bond donors (Lipinski definition) is 1. The van der Waals surface area contributed by atoms with Crippen molar-refractivity contribution in [1.82, 2.24) is 14.8 Å². The van der Waals surface area contributed by atoms with E-state index < -0.39 is 0 Å². The Labute approximate surface area is 144 Å². The molecule has 1 fully saturated rings. The quantitative estimate of drug-likeness (QED) is 0.777. The third-order valence-electron chi connectivity index (χ3n) is 4.22. The lowest BCUT2D eigenvalue weighted by atomic mass is 9.98. The van der Waals surface area contributed by atoms with Gasteiger partial charge in [0.25, 0.3) is 0 Å². The zero-order chi connectivity index (χ0) is 16.9. The van der Waals surface area contributed by atoms with Crippen LogP contribution >= 0.6 is 11.3 Å². The normalized spacial score (nSPS) is 19.0. The number of piperazine rings is 1. The molecule has 1 atom stereocenters. The predicted octanol–water partition coefficient (Wildman–Crippen LogP) is 2.89. The number of rotatable bonds is 7. The van der Waals surface area contributed by atoms with Crippen LogP contribution in [0.4, 0.5) is 0 Å². The Morgan fingerprint density at radius 1 is 1.30 bits per heavy atom. The fourth-order valence-electron chi connectivity index (χ4n) is 2.78. The van der Waals surface area contributed by atoms with E-state index in [2.05, 4.69) is 42.5 Å². The second-order valence-corrected chi connectivity index (χ2v) is 8.35. The standard InChI is InChI=1S/C18H31N3OS/c1-5-6-7-16(22)13-21-10-8-20(9-11-21)12-15-14-23-17(19-15)18(2,3)4/h5,14,16,22H,1,6-13H2,2-4H3. The summed E-state index contributed by atoms with van der Waals surface area (Å²) in [5.41, 5.74) is 1.34. The summed E-state index contributed by atoms with van der Waals surface area (Å²) >= 11 is 1.77. The van der Waals surface area contributed by atoms with Gasteiger partial charge >= 0.3 is 0 Å². The summed E-state index contributed by atoms with van der Waals surface area (Å²) in [5.74, 6) is 0. The van der Waals surface area contributed by atoms with Crippen LogP contribution in [0, 0.1) is 0 Å². The van der Waals surface area contributed by atoms with E-state index in [4.69, 9.17) is 4.98 Å². The molecule has 1 aromatic rings. The van der Waals surface area contributed by atoms with E-state index in [1.54, 1.807) is 11.3 Å². The van der Waals surface area contributed by atoms with Crippen LogP contribution in [-0.4, -0.2) is 58.7 Å². The van der Waals surface area contributed by atoms with Gasteiger partial charge in [0.2, 0.25) is 0 Å². The lowest BCUT2D eigenvalue weighted by molar-refractivity contribution is 0.0665. The average molecular weight is 338 g/mol. The third kappa shape index (κ3) is 5.99. The fourth-order valence-corrected chi connectivity index (χ4v) is 3.68. The van der Waals surface area contributed by atoms with Crippen molar-refractivity contribution in [3.63, 3.8) is 0 Å². The van der Waals surface area contributed by atoms with Crippen molar-refractivity contribution in [1.29, 1.82) is 0 Å². The largest absolute Gasteiger partial charge is 0.392 e. The Bertz CT molecular complexity index is 487. The number of hydrogen-bond acceptors (Lipinski definition) is 5. The van der Waals surface area contributed by atoms with Gasteiger partial charge in [-0.1, -0.05) is 26.8 Å². The number of aliphatic hydroxyl groups is 1. The molecule has 0 aliphatic carbocycles. The number of aliphatic hydroxyl groups excluding tert-OH is 1. The van der Waals surface area contributed by atoms with Gasteiger partial charge in [0.1, 0.15) is 0 Å². The molecular weight excluding hydrogens is 306 g/mol. The van der Waals surface area contributed by atoms with Gasteiger partial charge in [0, 0.05) is 50.1 Å². The van der Waals surface area contributed by atoms with Gasteiger partial charge in [0.15, 0.2) is 0 Å². The molecule has 0 spiro atoms. The van der Waals surface area contributed by atoms with Crippen LogP contribution < -0.4 is 0 Å². The molecule has 1 N–H and O–H groups in total. The van der Waals surface area contributed by atoms with Gasteiger partial charge in [0.05, 0.1) is 16.8 Å². The van der Waals surface area contributed by atoms with Gasteiger partial charge in [-0.15, -0.1) is 17.9 Å². The van der Waals surface area contributed by atoms with Gasteiger partial charge in [-0.3, -0.25) is 9.80 Å². The van der Waals surface area contributed by atoms with E-state index in [1.807, 2.05) is 6.08 Å². The molecule has 0 aromatic carbocycles. The van der Waals surface area contributed by atoms with E-state index in [0.29, 0.717) is 0 Å². The smallest absolute Gasteiger partial charge is 0.0982 e. The molecule has 23 heavy (non-hydrogen) atoms. The van der Waals surface area contributed by atoms with Crippen LogP contribution in [0.2, 0.25) is 0 Å². The maximum atomic E-state index is 10.0. The topological polar surface area (TPSA) is 39.6 Å². The lowest BCUT2D eigenvalue weighted by Crippen LogP contribution is -2.48. The summed E-state index contributed by atoms with van der Waals surface area (Å²) in [6, 6.07) is 0. The highest BCUT2D eigenvalue weighted by molar-refractivity contribution is 7.09. The first-order valence-electron chi connectivity index (χ1n) is 8.57. The second kappa shape index (κ2) is 8.38. The van der Waals surface area contributed by atoms with Crippen LogP contribution in [0.1, 0.15) is 44.3 Å². The van der Waals surface area contributed by atoms with E-state index >= 15 is 0 Å². The van der Waals surface area contributed by atoms with Crippen LogP contribution in [0.15, 0.2) is 18.0 Å². The van der Waals surface area contributed by atoms with Crippen molar-refractivity contribution in [3.8, 4) is 0 Å². The minimum Gasteiger partial charge on any atom is -0.392 e. The van der Waals surface area contributed by atoms with Crippen molar-refractivity contribution < 1.29 is 5.11 Å². The molecule has 0 radical (unpaired) electrons. The van der Waals surface area contributed by atoms with Gasteiger partial charge in [-0.25, -0.2) is 4.98 Å². The maximum absolute atomic E-state index is 10.0. The van der Waals surface area contributed by atoms with Crippen molar-refractivity contribution in [3.05, 3.63) is 28.7 Å². The van der Waals surface area contributed by atoms with E-state index in [0.717, 1.165) is 52.1 Å². The zero-order valence-corrected chi connectivity index (χ0v) is 15.6. The van der Waals surface area contributed by atoms with Crippen LogP contribution in [0.3, 0.4) is 0 Å². The Morgan fingerprint density at radius 2 is 1.96 bits per heavy atom. The predicted molar refractivity (Wildman–Crippen MR) is 98.0 cm³/mol. The van der Waals surface area contributed by atoms with Crippen molar-refractivity contribution in [2.75, 3.05) is 32.7 Å². The molecule has 0 bridgehead atoms. The molecule has 130 valence electrons. The summed E-state index contributed by atoms with van der Waals surface area (Å²) in [6.45, 7) is 16.2. The molecule has 1 unspecified atom stereocenters. The van der Waals surface area contributed by atoms with E-state index in [-0.39, 0.29) is 11.5 Å². The average Bonchev–Trinajstić information content (AvgIpc) is 2.96. The monoisotopic (exact) mass is 337 g/mol. The maximum Gasteiger partial charge on any atom is 0.0982 e. The number of aromatic nitrogens is 1. The highest BCUT2D eigenvalue weighted by atomic mass is 32.1. The molecule has 1 aliphatic rings. The molecule has 0 amide bonds. The molecule has 1 saturated heterocycles. The van der Waals surface area contributed by atoms with Crippen molar-refractivity contribution in [2.24, 2.45) is 0 Å².